The van der Waals surface area contributed by atoms with Crippen molar-refractivity contribution in [3.8, 4) is 11.5 Å². The summed E-state index contributed by atoms with van der Waals surface area (Å²) in [4.78, 5) is 31.9. The van der Waals surface area contributed by atoms with Gasteiger partial charge in [0.1, 0.15) is 0 Å². The van der Waals surface area contributed by atoms with E-state index in [4.69, 9.17) is 9.47 Å². The fraction of sp³-hybridized carbons (Fsp3) is 0.333. The van der Waals surface area contributed by atoms with Gasteiger partial charge >= 0.3 is 0 Å². The van der Waals surface area contributed by atoms with Crippen LogP contribution in [0.3, 0.4) is 0 Å². The summed E-state index contributed by atoms with van der Waals surface area (Å²) in [7, 11) is 0. The predicted octanol–water partition coefficient (Wildman–Crippen LogP) is 3.11. The Morgan fingerprint density at radius 2 is 1.74 bits per heavy atom. The molecule has 1 saturated heterocycles. The molecule has 3 heterocycles. The summed E-state index contributed by atoms with van der Waals surface area (Å²) in [6.45, 7) is 4.04. The number of carbonyl (C=O) groups excluding carboxylic acids is 2. The molecule has 2 aliphatic rings. The topological polar surface area (TPSA) is 74.9 Å². The fourth-order valence-corrected chi connectivity index (χ4v) is 4.57. The minimum atomic E-state index is -0.175. The van der Waals surface area contributed by atoms with E-state index in [1.54, 1.807) is 11.8 Å². The lowest BCUT2D eigenvalue weighted by molar-refractivity contribution is -0.138. The van der Waals surface area contributed by atoms with Gasteiger partial charge in [0, 0.05) is 68.1 Å². The van der Waals surface area contributed by atoms with Gasteiger partial charge in [-0.05, 0) is 17.7 Å². The fourth-order valence-electron chi connectivity index (χ4n) is 4.57. The molecule has 5 rings (SSSR count). The van der Waals surface area contributed by atoms with Crippen molar-refractivity contribution in [3.63, 3.8) is 0 Å². The number of aromatic nitrogens is 1. The third kappa shape index (κ3) is 3.60. The smallest absolute Gasteiger partial charge is 0.231 e. The van der Waals surface area contributed by atoms with Crippen molar-refractivity contribution >= 4 is 22.7 Å². The van der Waals surface area contributed by atoms with Crippen molar-refractivity contribution in [3.05, 3.63) is 59.8 Å². The Bertz CT molecular complexity index is 1130. The quantitative estimate of drug-likeness (QED) is 0.705. The number of hydrogen-bond acceptors (Lipinski definition) is 4. The van der Waals surface area contributed by atoms with E-state index in [1.165, 1.54) is 0 Å². The van der Waals surface area contributed by atoms with Crippen LogP contribution in [-0.4, -0.2) is 59.6 Å². The second-order valence-corrected chi connectivity index (χ2v) is 8.01. The number of hydrogen-bond donors (Lipinski definition) is 1. The monoisotopic (exact) mass is 419 g/mol. The summed E-state index contributed by atoms with van der Waals surface area (Å²) < 4.78 is 11.4. The standard InChI is InChI=1S/C24H25N3O4/c1-16(28)26-9-11-27(12-10-26)23(29)13-19(18-6-4-8-22-24(18)31-15-30-22)20-14-25-21-7-3-2-5-17(20)21/h2-8,14,19,25H,9-13,15H2,1H3/t19-/m0/s1. The number of carbonyl (C=O) groups is 2. The second-order valence-electron chi connectivity index (χ2n) is 8.01. The zero-order valence-corrected chi connectivity index (χ0v) is 17.5. The number of nitrogens with one attached hydrogen (secondary N) is 1. The van der Waals surface area contributed by atoms with Crippen molar-refractivity contribution < 1.29 is 19.1 Å². The maximum absolute atomic E-state index is 13.3. The third-order valence-electron chi connectivity index (χ3n) is 6.26. The molecule has 0 spiro atoms. The average Bonchev–Trinajstić information content (AvgIpc) is 3.44. The molecular formula is C24H25N3O4. The van der Waals surface area contributed by atoms with Gasteiger partial charge in [-0.2, -0.15) is 0 Å². The van der Waals surface area contributed by atoms with E-state index in [2.05, 4.69) is 11.1 Å². The molecule has 2 aliphatic heterocycles. The van der Waals surface area contributed by atoms with Crippen LogP contribution in [0.15, 0.2) is 48.7 Å². The van der Waals surface area contributed by atoms with Gasteiger partial charge in [-0.15, -0.1) is 0 Å². The molecule has 1 aromatic heterocycles. The van der Waals surface area contributed by atoms with E-state index >= 15 is 0 Å². The Hall–Kier alpha value is -3.48. The van der Waals surface area contributed by atoms with Crippen LogP contribution in [-0.2, 0) is 9.59 Å². The molecule has 160 valence electrons. The lowest BCUT2D eigenvalue weighted by atomic mass is 9.87. The highest BCUT2D eigenvalue weighted by Gasteiger charge is 2.31. The summed E-state index contributed by atoms with van der Waals surface area (Å²) in [6, 6.07) is 14.0. The van der Waals surface area contributed by atoms with Crippen molar-refractivity contribution in [2.75, 3.05) is 33.0 Å². The molecule has 0 unspecified atom stereocenters. The molecule has 31 heavy (non-hydrogen) atoms. The molecule has 1 fully saturated rings. The number of rotatable bonds is 4. The van der Waals surface area contributed by atoms with E-state index in [1.807, 2.05) is 47.5 Å². The highest BCUT2D eigenvalue weighted by Crippen LogP contribution is 2.44. The van der Waals surface area contributed by atoms with E-state index in [-0.39, 0.29) is 24.5 Å². The molecule has 0 radical (unpaired) electrons. The van der Waals surface area contributed by atoms with E-state index in [0.29, 0.717) is 44.1 Å². The first-order valence-electron chi connectivity index (χ1n) is 10.6. The largest absolute Gasteiger partial charge is 0.454 e. The second kappa shape index (κ2) is 7.98. The van der Waals surface area contributed by atoms with Crippen LogP contribution >= 0.6 is 0 Å². The number of fused-ring (bicyclic) bond motifs is 2. The van der Waals surface area contributed by atoms with Gasteiger partial charge in [-0.1, -0.05) is 30.3 Å². The first-order chi connectivity index (χ1) is 15.1. The van der Waals surface area contributed by atoms with E-state index in [0.717, 1.165) is 22.0 Å². The van der Waals surface area contributed by atoms with Gasteiger partial charge in [-0.25, -0.2) is 0 Å². The van der Waals surface area contributed by atoms with Gasteiger partial charge < -0.3 is 24.3 Å². The maximum Gasteiger partial charge on any atom is 0.231 e. The van der Waals surface area contributed by atoms with E-state index < -0.39 is 0 Å². The summed E-state index contributed by atoms with van der Waals surface area (Å²) in [5, 5.41) is 1.10. The molecular weight excluding hydrogens is 394 g/mol. The van der Waals surface area contributed by atoms with Crippen LogP contribution in [0.5, 0.6) is 11.5 Å². The lowest BCUT2D eigenvalue weighted by Crippen LogP contribution is -2.50. The number of nitrogens with zero attached hydrogens (tertiary/aromatic N) is 2. The Labute approximate surface area is 180 Å². The third-order valence-corrected chi connectivity index (χ3v) is 6.26. The SMILES string of the molecule is CC(=O)N1CCN(C(=O)C[C@@H](c2cccc3c2OCO3)c2c[nH]c3ccccc23)CC1. The summed E-state index contributed by atoms with van der Waals surface area (Å²) in [5.41, 5.74) is 3.06. The summed E-state index contributed by atoms with van der Waals surface area (Å²) in [5.74, 6) is 1.39. The molecule has 2 aromatic carbocycles. The summed E-state index contributed by atoms with van der Waals surface area (Å²) in [6.07, 6.45) is 2.31. The van der Waals surface area contributed by atoms with Gasteiger partial charge in [0.25, 0.3) is 0 Å². The zero-order valence-electron chi connectivity index (χ0n) is 17.5. The Morgan fingerprint density at radius 1 is 0.968 bits per heavy atom. The number of aromatic amines is 1. The predicted molar refractivity (Wildman–Crippen MR) is 116 cm³/mol. The van der Waals surface area contributed by atoms with Crippen LogP contribution < -0.4 is 9.47 Å². The molecule has 2 amide bonds. The van der Waals surface area contributed by atoms with Crippen LogP contribution in [0.2, 0.25) is 0 Å². The molecule has 3 aromatic rings. The normalized spacial score (nSPS) is 16.5. The van der Waals surface area contributed by atoms with Crippen LogP contribution in [0.25, 0.3) is 10.9 Å². The zero-order chi connectivity index (χ0) is 21.4. The number of ether oxygens (including phenoxy) is 2. The van der Waals surface area contributed by atoms with Gasteiger partial charge in [0.2, 0.25) is 18.6 Å². The Morgan fingerprint density at radius 3 is 2.55 bits per heavy atom. The van der Waals surface area contributed by atoms with Crippen molar-refractivity contribution in [1.29, 1.82) is 0 Å². The Balaban J connectivity index is 1.48. The molecule has 0 saturated carbocycles. The van der Waals surface area contributed by atoms with Crippen molar-refractivity contribution in [1.82, 2.24) is 14.8 Å². The minimum Gasteiger partial charge on any atom is -0.454 e. The Kier molecular flexibility index (Phi) is 5.02. The number of piperazine rings is 1. The van der Waals surface area contributed by atoms with Crippen LogP contribution in [0.1, 0.15) is 30.4 Å². The summed E-state index contributed by atoms with van der Waals surface area (Å²) >= 11 is 0. The molecule has 0 bridgehead atoms. The number of amides is 2. The minimum absolute atomic E-state index is 0.0563. The van der Waals surface area contributed by atoms with Crippen LogP contribution in [0, 0.1) is 0 Å². The molecule has 1 atom stereocenters. The molecule has 1 N–H and O–H groups in total. The van der Waals surface area contributed by atoms with Gasteiger partial charge in [0.05, 0.1) is 0 Å². The molecule has 7 nitrogen and oxygen atoms in total. The van der Waals surface area contributed by atoms with Crippen LogP contribution in [0.4, 0.5) is 0 Å². The average molecular weight is 419 g/mol. The van der Waals surface area contributed by atoms with Gasteiger partial charge in [0.15, 0.2) is 11.5 Å². The highest BCUT2D eigenvalue weighted by atomic mass is 16.7. The number of benzene rings is 2. The molecule has 0 aliphatic carbocycles. The number of para-hydroxylation sites is 2. The van der Waals surface area contributed by atoms with Gasteiger partial charge in [-0.3, -0.25) is 9.59 Å². The lowest BCUT2D eigenvalue weighted by Gasteiger charge is -2.35. The molecule has 7 heteroatoms. The van der Waals surface area contributed by atoms with E-state index in [9.17, 15) is 9.59 Å². The number of H-pyrrole nitrogens is 1. The first kappa shape index (κ1) is 19.5. The van der Waals surface area contributed by atoms with Crippen molar-refractivity contribution in [2.24, 2.45) is 0 Å². The highest BCUT2D eigenvalue weighted by molar-refractivity contribution is 5.86. The van der Waals surface area contributed by atoms with Crippen molar-refractivity contribution in [2.45, 2.75) is 19.3 Å². The maximum atomic E-state index is 13.3. The first-order valence-corrected chi connectivity index (χ1v) is 10.6.